The molecule has 0 bridgehead atoms. The van der Waals surface area contributed by atoms with E-state index in [0.717, 1.165) is 177 Å². The van der Waals surface area contributed by atoms with Crippen LogP contribution >= 0.6 is 0 Å². The summed E-state index contributed by atoms with van der Waals surface area (Å²) in [6.07, 6.45) is 0. The predicted octanol–water partition coefficient (Wildman–Crippen LogP) is 30.3. The first kappa shape index (κ1) is 70.6. The predicted molar refractivity (Wildman–Crippen MR) is 513 cm³/mol. The third-order valence-electron chi connectivity index (χ3n) is 25.0. The molecule has 8 heterocycles. The molecule has 0 unspecified atom stereocenters. The summed E-state index contributed by atoms with van der Waals surface area (Å²) >= 11 is 0. The fourth-order valence-electron chi connectivity index (χ4n) is 19.1. The molecule has 27 aromatic rings. The minimum atomic E-state index is 0.550. The van der Waals surface area contributed by atoms with Gasteiger partial charge in [-0.05, 0) is 152 Å². The molecule has 8 aromatic heterocycles. The molecule has 126 heavy (non-hydrogen) atoms. The van der Waals surface area contributed by atoms with E-state index in [2.05, 4.69) is 276 Å². The molecule has 0 aliphatic rings. The van der Waals surface area contributed by atoms with E-state index < -0.39 is 0 Å². The van der Waals surface area contributed by atoms with Crippen LogP contribution in [0.2, 0.25) is 0 Å². The van der Waals surface area contributed by atoms with E-state index in [4.69, 9.17) is 47.6 Å². The number of aromatic nitrogens is 8. The highest BCUT2D eigenvalue weighted by Gasteiger charge is 2.26. The summed E-state index contributed by atoms with van der Waals surface area (Å²) in [5.74, 6) is 3.49. The van der Waals surface area contributed by atoms with Gasteiger partial charge in [-0.3, -0.25) is 0 Å². The topological polar surface area (TPSA) is 140 Å². The van der Waals surface area contributed by atoms with Crippen molar-refractivity contribution in [1.82, 2.24) is 39.0 Å². The van der Waals surface area contributed by atoms with Crippen LogP contribution in [0.25, 0.3) is 266 Å². The molecule has 0 aliphatic carbocycles. The molecule has 19 aromatic carbocycles. The van der Waals surface area contributed by atoms with E-state index in [-0.39, 0.29) is 0 Å². The highest BCUT2D eigenvalue weighted by Crippen LogP contribution is 2.47. The molecule has 0 fully saturated rings. The zero-order chi connectivity index (χ0) is 82.6. The number of furan rings is 4. The number of hydrogen-bond acceptors (Lipinski definition) is 10. The molecular formula is C114H66N8O4. The summed E-state index contributed by atoms with van der Waals surface area (Å²) in [6.45, 7) is 0. The molecular weight excluding hydrogens is 1550 g/mol. The second kappa shape index (κ2) is 28.2. The Morgan fingerprint density at radius 3 is 0.976 bits per heavy atom. The van der Waals surface area contributed by atoms with Crippen LogP contribution in [0.3, 0.4) is 0 Å². The van der Waals surface area contributed by atoms with Gasteiger partial charge >= 0.3 is 0 Å². The summed E-state index contributed by atoms with van der Waals surface area (Å²) in [5, 5.41) is 20.6. The summed E-state index contributed by atoms with van der Waals surface area (Å²) in [6, 6.07) is 140. The van der Waals surface area contributed by atoms with Gasteiger partial charge < -0.3 is 26.8 Å². The van der Waals surface area contributed by atoms with E-state index in [9.17, 15) is 0 Å². The Labute approximate surface area is 718 Å². The molecule has 12 nitrogen and oxygen atoms in total. The Bertz CT molecular complexity index is 9080. The van der Waals surface area contributed by atoms with Gasteiger partial charge in [-0.2, -0.15) is 0 Å². The van der Waals surface area contributed by atoms with Gasteiger partial charge in [0.1, 0.15) is 44.7 Å². The van der Waals surface area contributed by atoms with Crippen LogP contribution < -0.4 is 0 Å². The fraction of sp³-hybridized carbons (Fsp3) is 0. The van der Waals surface area contributed by atoms with Crippen molar-refractivity contribution in [2.24, 2.45) is 0 Å². The molecule has 0 radical (unpaired) electrons. The van der Waals surface area contributed by atoms with Gasteiger partial charge in [-0.15, -0.1) is 0 Å². The molecule has 0 saturated carbocycles. The minimum Gasteiger partial charge on any atom is -0.456 e. The number of hydrogen-bond donors (Lipinski definition) is 0. The minimum absolute atomic E-state index is 0.550. The number of benzene rings is 19. The van der Waals surface area contributed by atoms with E-state index in [1.165, 1.54) is 53.9 Å². The fourth-order valence-corrected chi connectivity index (χ4v) is 19.1. The Morgan fingerprint density at radius 2 is 0.492 bits per heavy atom. The van der Waals surface area contributed by atoms with Crippen molar-refractivity contribution in [3.05, 3.63) is 400 Å². The van der Waals surface area contributed by atoms with Crippen molar-refractivity contribution >= 4 is 164 Å². The second-order valence-electron chi connectivity index (χ2n) is 32.4. The Balaban J connectivity index is 0.000000134. The maximum atomic E-state index is 6.72. The van der Waals surface area contributed by atoms with E-state index >= 15 is 0 Å². The van der Waals surface area contributed by atoms with Gasteiger partial charge in [0.05, 0.1) is 39.0 Å². The second-order valence-corrected chi connectivity index (χ2v) is 32.4. The molecule has 0 spiro atoms. The van der Waals surface area contributed by atoms with Gasteiger partial charge in [-0.25, -0.2) is 29.9 Å². The number of fused-ring (bicyclic) bond motifs is 21. The van der Waals surface area contributed by atoms with Crippen LogP contribution in [0, 0.1) is 0 Å². The molecule has 0 atom stereocenters. The van der Waals surface area contributed by atoms with Crippen molar-refractivity contribution < 1.29 is 17.7 Å². The van der Waals surface area contributed by atoms with E-state index in [1.807, 2.05) is 133 Å². The normalized spacial score (nSPS) is 12.0. The molecule has 0 N–H and O–H groups in total. The van der Waals surface area contributed by atoms with Crippen molar-refractivity contribution in [1.29, 1.82) is 0 Å². The first-order chi connectivity index (χ1) is 62.4. The van der Waals surface area contributed by atoms with Crippen molar-refractivity contribution in [2.75, 3.05) is 0 Å². The summed E-state index contributed by atoms with van der Waals surface area (Å²) in [5.41, 5.74) is 22.7. The molecule has 0 amide bonds. The molecule has 586 valence electrons. The zero-order valence-electron chi connectivity index (χ0n) is 67.3. The van der Waals surface area contributed by atoms with Crippen LogP contribution in [0.1, 0.15) is 0 Å². The van der Waals surface area contributed by atoms with Gasteiger partial charge in [-0.1, -0.05) is 291 Å². The SMILES string of the molecule is c1ccc(-c2nc(-c3ccc(-c4cc(-n5c6cc7ccccc7cc6c6cc7ccccc7cc65)cc5oc6ccccc6c45)cc3)nc(-c3cccc4c3oc3ccccc34)n2)cc1.c1ccc(-c2nc(-c3ccc(-c4cc(-n5c6ccccc6c6cc7ccccc7cc65)cc5oc6ccccc6c45)cc3)nc(-c3ccc4c(c3)oc3ccccc34)n2)cc1. The molecule has 27 rings (SSSR count). The lowest BCUT2D eigenvalue weighted by atomic mass is 9.97. The van der Waals surface area contributed by atoms with Crippen LogP contribution in [-0.4, -0.2) is 39.0 Å². The molecule has 0 aliphatic heterocycles. The maximum Gasteiger partial charge on any atom is 0.167 e. The monoisotopic (exact) mass is 1610 g/mol. The molecule has 12 heteroatoms. The van der Waals surface area contributed by atoms with Crippen molar-refractivity contribution in [3.8, 4) is 102 Å². The van der Waals surface area contributed by atoms with Crippen LogP contribution in [0.5, 0.6) is 0 Å². The standard InChI is InChI=1S/C59H34N4O2.C55H32N4O2/c1-2-13-36(14-3-1)57-60-58(62-59(61-57)46-22-12-21-44-43-19-8-10-23-52(43)65-56(44)46)37-27-25-35(26-28-37)47-33-42(34-54-55(47)45-20-9-11-24-53(45)64-54)63-50-31-40-17-6-4-15-38(40)29-48(50)49-30-39-16-5-7-18-41(39)32-51(49)63;1-2-12-34(13-3-1)53-56-54(58-55(57-53)38-26-27-42-41-17-7-10-20-48(41)60-50(42)30-38)35-24-22-33(23-25-35)44-31-39(32-51-52(44)43-18-8-11-21-49(43)61-51)59-46-19-9-6-16-40(46)45-28-36-14-4-5-15-37(36)29-47(45)59/h1-34H;1-32H. The highest BCUT2D eigenvalue weighted by molar-refractivity contribution is 6.20. The highest BCUT2D eigenvalue weighted by atomic mass is 16.3. The lowest BCUT2D eigenvalue weighted by molar-refractivity contribution is 0.668. The van der Waals surface area contributed by atoms with Gasteiger partial charge in [0.2, 0.25) is 0 Å². The van der Waals surface area contributed by atoms with E-state index in [0.29, 0.717) is 34.9 Å². The largest absolute Gasteiger partial charge is 0.456 e. The lowest BCUT2D eigenvalue weighted by Crippen LogP contribution is -2.00. The first-order valence-electron chi connectivity index (χ1n) is 42.2. The summed E-state index contributed by atoms with van der Waals surface area (Å²) in [7, 11) is 0. The van der Waals surface area contributed by atoms with Crippen LogP contribution in [0.15, 0.2) is 418 Å². The number of nitrogens with zero attached hydrogens (tertiary/aromatic N) is 8. The van der Waals surface area contributed by atoms with Crippen molar-refractivity contribution in [2.45, 2.75) is 0 Å². The average Bonchev–Trinajstić information content (AvgIpc) is 1.56. The Morgan fingerprint density at radius 1 is 0.167 bits per heavy atom. The maximum absolute atomic E-state index is 6.72. The van der Waals surface area contributed by atoms with Crippen LogP contribution in [0.4, 0.5) is 0 Å². The smallest absolute Gasteiger partial charge is 0.167 e. The van der Waals surface area contributed by atoms with Crippen LogP contribution in [-0.2, 0) is 0 Å². The lowest BCUT2D eigenvalue weighted by Gasteiger charge is -2.13. The van der Waals surface area contributed by atoms with E-state index in [1.54, 1.807) is 0 Å². The zero-order valence-corrected chi connectivity index (χ0v) is 67.3. The van der Waals surface area contributed by atoms with Gasteiger partial charge in [0, 0.05) is 105 Å². The Hall–Kier alpha value is -17.2. The van der Waals surface area contributed by atoms with Gasteiger partial charge in [0.25, 0.3) is 0 Å². The first-order valence-corrected chi connectivity index (χ1v) is 42.2. The van der Waals surface area contributed by atoms with Crippen molar-refractivity contribution in [3.63, 3.8) is 0 Å². The molecule has 0 saturated heterocycles. The third-order valence-corrected chi connectivity index (χ3v) is 25.0. The third kappa shape index (κ3) is 11.5. The average molecular weight is 1610 g/mol. The van der Waals surface area contributed by atoms with Gasteiger partial charge in [0.15, 0.2) is 34.9 Å². The number of rotatable bonds is 10. The number of para-hydroxylation sites is 6. The summed E-state index contributed by atoms with van der Waals surface area (Å²) < 4.78 is 30.9. The Kier molecular flexibility index (Phi) is 15.8. The quantitative estimate of drug-likeness (QED) is 0.130. The summed E-state index contributed by atoms with van der Waals surface area (Å²) in [4.78, 5) is 30.4.